The van der Waals surface area contributed by atoms with E-state index >= 15 is 0 Å². The van der Waals surface area contributed by atoms with Gasteiger partial charge in [-0.25, -0.2) is 0 Å². The standard InChI is InChI=1S/C20H21ClN4OS/c1-12-7-5-8-13(2)18(12)22-19(26)14(3)27-20-24-23-15(4)25(20)17-10-6-9-16(21)11-17/h5-11,14H,1-4H3,(H,22,26). The third-order valence-electron chi connectivity index (χ3n) is 4.24. The number of aryl methyl sites for hydroxylation is 3. The second-order valence-corrected chi connectivity index (χ2v) is 8.11. The lowest BCUT2D eigenvalue weighted by Crippen LogP contribution is -2.23. The van der Waals surface area contributed by atoms with Crippen LogP contribution in [0.1, 0.15) is 23.9 Å². The molecule has 27 heavy (non-hydrogen) atoms. The number of carbonyl (C=O) groups excluding carboxylic acids is 1. The number of amides is 1. The first kappa shape index (κ1) is 19.5. The number of nitrogens with zero attached hydrogens (tertiary/aromatic N) is 3. The molecule has 140 valence electrons. The summed E-state index contributed by atoms with van der Waals surface area (Å²) in [5.74, 6) is 0.665. The Bertz CT molecular complexity index is 966. The van der Waals surface area contributed by atoms with Crippen molar-refractivity contribution in [1.29, 1.82) is 0 Å². The lowest BCUT2D eigenvalue weighted by atomic mass is 10.1. The second-order valence-electron chi connectivity index (χ2n) is 6.36. The van der Waals surface area contributed by atoms with Crippen LogP contribution in [0.3, 0.4) is 0 Å². The first-order valence-electron chi connectivity index (χ1n) is 8.58. The number of hydrogen-bond donors (Lipinski definition) is 1. The van der Waals surface area contributed by atoms with E-state index in [0.29, 0.717) is 10.2 Å². The summed E-state index contributed by atoms with van der Waals surface area (Å²) in [6, 6.07) is 13.4. The molecule has 1 amide bonds. The van der Waals surface area contributed by atoms with Crippen molar-refractivity contribution < 1.29 is 4.79 Å². The molecule has 0 fully saturated rings. The molecule has 1 heterocycles. The van der Waals surface area contributed by atoms with Gasteiger partial charge in [0.15, 0.2) is 5.16 Å². The highest BCUT2D eigenvalue weighted by atomic mass is 35.5. The van der Waals surface area contributed by atoms with Crippen molar-refractivity contribution in [1.82, 2.24) is 14.8 Å². The van der Waals surface area contributed by atoms with E-state index in [2.05, 4.69) is 15.5 Å². The zero-order valence-electron chi connectivity index (χ0n) is 15.7. The lowest BCUT2D eigenvalue weighted by Gasteiger charge is -2.16. The van der Waals surface area contributed by atoms with Gasteiger partial charge in [0, 0.05) is 10.7 Å². The van der Waals surface area contributed by atoms with Gasteiger partial charge < -0.3 is 5.32 Å². The summed E-state index contributed by atoms with van der Waals surface area (Å²) in [4.78, 5) is 12.7. The van der Waals surface area contributed by atoms with Gasteiger partial charge in [-0.2, -0.15) is 0 Å². The Morgan fingerprint density at radius 3 is 2.44 bits per heavy atom. The molecule has 3 aromatic rings. The van der Waals surface area contributed by atoms with Gasteiger partial charge in [-0.1, -0.05) is 47.6 Å². The van der Waals surface area contributed by atoms with Crippen molar-refractivity contribution in [3.8, 4) is 5.69 Å². The molecule has 2 aromatic carbocycles. The van der Waals surface area contributed by atoms with Gasteiger partial charge in [0.25, 0.3) is 0 Å². The average Bonchev–Trinajstić information content (AvgIpc) is 2.98. The van der Waals surface area contributed by atoms with Gasteiger partial charge in [0.1, 0.15) is 5.82 Å². The molecule has 5 nitrogen and oxygen atoms in total. The fourth-order valence-corrected chi connectivity index (χ4v) is 3.88. The number of benzene rings is 2. The SMILES string of the molecule is Cc1cccc(C)c1NC(=O)C(C)Sc1nnc(C)n1-c1cccc(Cl)c1. The van der Waals surface area contributed by atoms with Crippen LogP contribution in [0.15, 0.2) is 47.6 Å². The van der Waals surface area contributed by atoms with E-state index in [1.807, 2.05) is 74.7 Å². The number of anilines is 1. The third kappa shape index (κ3) is 4.34. The Balaban J connectivity index is 1.81. The van der Waals surface area contributed by atoms with Gasteiger partial charge in [-0.15, -0.1) is 10.2 Å². The summed E-state index contributed by atoms with van der Waals surface area (Å²) in [7, 11) is 0. The maximum Gasteiger partial charge on any atom is 0.237 e. The highest BCUT2D eigenvalue weighted by Gasteiger charge is 2.21. The number of thioether (sulfide) groups is 1. The summed E-state index contributed by atoms with van der Waals surface area (Å²) in [5, 5.41) is 12.4. The number of rotatable bonds is 5. The largest absolute Gasteiger partial charge is 0.325 e. The molecule has 1 unspecified atom stereocenters. The van der Waals surface area contributed by atoms with Crippen molar-refractivity contribution >= 4 is 35.0 Å². The fourth-order valence-electron chi connectivity index (χ4n) is 2.78. The van der Waals surface area contributed by atoms with Gasteiger partial charge >= 0.3 is 0 Å². The van der Waals surface area contributed by atoms with Crippen molar-refractivity contribution in [2.45, 2.75) is 38.1 Å². The van der Waals surface area contributed by atoms with E-state index in [9.17, 15) is 4.79 Å². The van der Waals surface area contributed by atoms with E-state index in [0.717, 1.165) is 28.3 Å². The maximum absolute atomic E-state index is 12.7. The topological polar surface area (TPSA) is 59.8 Å². The Morgan fingerprint density at radius 1 is 1.11 bits per heavy atom. The van der Waals surface area contributed by atoms with Crippen molar-refractivity contribution in [2.24, 2.45) is 0 Å². The zero-order chi connectivity index (χ0) is 19.6. The van der Waals surface area contributed by atoms with Gasteiger partial charge in [0.2, 0.25) is 5.91 Å². The van der Waals surface area contributed by atoms with Crippen LogP contribution < -0.4 is 5.32 Å². The van der Waals surface area contributed by atoms with Gasteiger partial charge in [0.05, 0.1) is 10.9 Å². The number of halogens is 1. The molecule has 0 saturated carbocycles. The second kappa shape index (κ2) is 8.15. The van der Waals surface area contributed by atoms with Gasteiger partial charge in [-0.3, -0.25) is 9.36 Å². The molecule has 1 aromatic heterocycles. The molecule has 7 heteroatoms. The Hall–Kier alpha value is -2.31. The highest BCUT2D eigenvalue weighted by molar-refractivity contribution is 8.00. The molecular weight excluding hydrogens is 380 g/mol. The molecule has 1 N–H and O–H groups in total. The normalized spacial score (nSPS) is 12.0. The minimum atomic E-state index is -0.342. The molecule has 0 aliphatic rings. The summed E-state index contributed by atoms with van der Waals surface area (Å²) in [6.07, 6.45) is 0. The fraction of sp³-hybridized carbons (Fsp3) is 0.250. The number of para-hydroxylation sites is 1. The van der Waals surface area contributed by atoms with E-state index in [1.165, 1.54) is 11.8 Å². The predicted octanol–water partition coefficient (Wildman–Crippen LogP) is 4.97. The van der Waals surface area contributed by atoms with Crippen LogP contribution in [0.25, 0.3) is 5.69 Å². The van der Waals surface area contributed by atoms with E-state index in [-0.39, 0.29) is 11.2 Å². The van der Waals surface area contributed by atoms with Crippen molar-refractivity contribution in [2.75, 3.05) is 5.32 Å². The Labute approximate surface area is 168 Å². The van der Waals surface area contributed by atoms with Crippen LogP contribution in [0.5, 0.6) is 0 Å². The number of nitrogens with one attached hydrogen (secondary N) is 1. The molecule has 0 aliphatic heterocycles. The summed E-state index contributed by atoms with van der Waals surface area (Å²) >= 11 is 7.48. The van der Waals surface area contributed by atoms with Crippen LogP contribution in [0.4, 0.5) is 5.69 Å². The Morgan fingerprint density at radius 2 is 1.78 bits per heavy atom. The van der Waals surface area contributed by atoms with E-state index in [4.69, 9.17) is 11.6 Å². The highest BCUT2D eigenvalue weighted by Crippen LogP contribution is 2.28. The quantitative estimate of drug-likeness (QED) is 0.614. The van der Waals surface area contributed by atoms with Crippen LogP contribution in [0, 0.1) is 20.8 Å². The van der Waals surface area contributed by atoms with Gasteiger partial charge in [-0.05, 0) is 57.0 Å². The van der Waals surface area contributed by atoms with E-state index in [1.54, 1.807) is 0 Å². The summed E-state index contributed by atoms with van der Waals surface area (Å²) in [5.41, 5.74) is 3.81. The molecule has 0 spiro atoms. The smallest absolute Gasteiger partial charge is 0.237 e. The molecule has 0 aliphatic carbocycles. The first-order valence-corrected chi connectivity index (χ1v) is 9.84. The minimum absolute atomic E-state index is 0.0734. The molecule has 0 saturated heterocycles. The minimum Gasteiger partial charge on any atom is -0.325 e. The molecule has 1 atom stereocenters. The van der Waals surface area contributed by atoms with Crippen LogP contribution in [0.2, 0.25) is 5.02 Å². The summed E-state index contributed by atoms with van der Waals surface area (Å²) in [6.45, 7) is 7.71. The lowest BCUT2D eigenvalue weighted by molar-refractivity contribution is -0.115. The molecule has 0 bridgehead atoms. The third-order valence-corrected chi connectivity index (χ3v) is 5.52. The molecular formula is C20H21ClN4OS. The maximum atomic E-state index is 12.7. The van der Waals surface area contributed by atoms with Crippen LogP contribution >= 0.6 is 23.4 Å². The van der Waals surface area contributed by atoms with Crippen LogP contribution in [-0.2, 0) is 4.79 Å². The molecule has 3 rings (SSSR count). The number of carbonyl (C=O) groups is 1. The van der Waals surface area contributed by atoms with E-state index < -0.39 is 0 Å². The number of hydrogen-bond acceptors (Lipinski definition) is 4. The molecule has 0 radical (unpaired) electrons. The summed E-state index contributed by atoms with van der Waals surface area (Å²) < 4.78 is 1.90. The van der Waals surface area contributed by atoms with Crippen LogP contribution in [-0.4, -0.2) is 25.9 Å². The first-order chi connectivity index (χ1) is 12.9. The number of aromatic nitrogens is 3. The predicted molar refractivity (Wildman–Crippen MR) is 111 cm³/mol. The van der Waals surface area contributed by atoms with Crippen molar-refractivity contribution in [3.63, 3.8) is 0 Å². The zero-order valence-corrected chi connectivity index (χ0v) is 17.2. The monoisotopic (exact) mass is 400 g/mol. The van der Waals surface area contributed by atoms with Crippen molar-refractivity contribution in [3.05, 3.63) is 64.4 Å². The average molecular weight is 401 g/mol. The Kier molecular flexibility index (Phi) is 5.87.